The second-order valence-electron chi connectivity index (χ2n) is 4.54. The fourth-order valence-corrected chi connectivity index (χ4v) is 2.10. The molecule has 1 aliphatic rings. The summed E-state index contributed by atoms with van der Waals surface area (Å²) in [5, 5.41) is 3.94. The number of carbonyl (C=O) groups excluding carboxylic acids is 1. The Morgan fingerprint density at radius 3 is 2.72 bits per heavy atom. The van der Waals surface area contributed by atoms with E-state index in [1.165, 1.54) is 20.0 Å². The van der Waals surface area contributed by atoms with E-state index in [1.807, 2.05) is 0 Å². The van der Waals surface area contributed by atoms with E-state index < -0.39 is 0 Å². The highest BCUT2D eigenvalue weighted by Gasteiger charge is 2.17. The highest BCUT2D eigenvalue weighted by Crippen LogP contribution is 2.16. The van der Waals surface area contributed by atoms with E-state index in [0.717, 1.165) is 25.9 Å². The van der Waals surface area contributed by atoms with E-state index in [-0.39, 0.29) is 18.8 Å². The molecule has 0 aromatic carbocycles. The second-order valence-corrected chi connectivity index (χ2v) is 4.54. The highest BCUT2D eigenvalue weighted by molar-refractivity contribution is 5.81. The van der Waals surface area contributed by atoms with Gasteiger partial charge < -0.3 is 14.2 Å². The minimum absolute atomic E-state index is 0.0523. The number of ether oxygens (including phenoxy) is 1. The van der Waals surface area contributed by atoms with Crippen molar-refractivity contribution < 1.29 is 14.1 Å². The smallest absolute Gasteiger partial charge is 0.266 e. The molecule has 2 rings (SSSR count). The average molecular weight is 253 g/mol. The van der Waals surface area contributed by atoms with Gasteiger partial charge in [0, 0.05) is 20.2 Å². The summed E-state index contributed by atoms with van der Waals surface area (Å²) in [7, 11) is 1.49. The van der Waals surface area contributed by atoms with Crippen LogP contribution in [0.1, 0.15) is 31.6 Å². The monoisotopic (exact) mass is 253 g/mol. The number of hydrogen-bond acceptors (Lipinski definition) is 6. The van der Waals surface area contributed by atoms with E-state index in [2.05, 4.69) is 15.0 Å². The molecule has 1 saturated heterocycles. The van der Waals surface area contributed by atoms with Crippen LogP contribution >= 0.6 is 0 Å². The second kappa shape index (κ2) is 6.49. The van der Waals surface area contributed by atoms with Gasteiger partial charge in [-0.15, -0.1) is 0 Å². The van der Waals surface area contributed by atoms with Crippen molar-refractivity contribution in [1.29, 1.82) is 0 Å². The van der Waals surface area contributed by atoms with Crippen LogP contribution in [0.4, 0.5) is 5.95 Å². The van der Waals surface area contributed by atoms with E-state index in [0.29, 0.717) is 11.8 Å². The van der Waals surface area contributed by atoms with Gasteiger partial charge in [0.15, 0.2) is 5.78 Å². The molecule has 0 saturated carbocycles. The minimum atomic E-state index is -0.0523. The molecule has 1 aromatic rings. The van der Waals surface area contributed by atoms with Crippen LogP contribution in [0.2, 0.25) is 0 Å². The van der Waals surface area contributed by atoms with Gasteiger partial charge in [-0.25, -0.2) is 0 Å². The highest BCUT2D eigenvalue weighted by atomic mass is 16.5. The predicted octanol–water partition coefficient (Wildman–Crippen LogP) is 1.21. The molecule has 18 heavy (non-hydrogen) atoms. The Morgan fingerprint density at radius 1 is 1.33 bits per heavy atom. The fraction of sp³-hybridized carbons (Fsp3) is 0.750. The summed E-state index contributed by atoms with van der Waals surface area (Å²) >= 11 is 0. The van der Waals surface area contributed by atoms with Gasteiger partial charge in [0.2, 0.25) is 5.89 Å². The van der Waals surface area contributed by atoms with Gasteiger partial charge in [-0.3, -0.25) is 4.79 Å². The Labute approximate surface area is 106 Å². The molecule has 0 amide bonds. The molecule has 1 aromatic heterocycles. The first-order chi connectivity index (χ1) is 8.79. The summed E-state index contributed by atoms with van der Waals surface area (Å²) in [6.45, 7) is 2.01. The zero-order valence-corrected chi connectivity index (χ0v) is 10.7. The van der Waals surface area contributed by atoms with Crippen LogP contribution in [0.25, 0.3) is 0 Å². The quantitative estimate of drug-likeness (QED) is 0.785. The van der Waals surface area contributed by atoms with Crippen LogP contribution in [0.3, 0.4) is 0 Å². The number of anilines is 1. The molecule has 0 unspecified atom stereocenters. The van der Waals surface area contributed by atoms with Crippen LogP contribution in [-0.2, 0) is 16.0 Å². The lowest BCUT2D eigenvalue weighted by molar-refractivity contribution is -0.122. The molecule has 2 heterocycles. The molecule has 1 aliphatic heterocycles. The Kier molecular flexibility index (Phi) is 4.69. The van der Waals surface area contributed by atoms with E-state index in [4.69, 9.17) is 9.26 Å². The number of rotatable bonds is 5. The van der Waals surface area contributed by atoms with Crippen molar-refractivity contribution in [2.24, 2.45) is 0 Å². The number of aromatic nitrogens is 2. The SMILES string of the molecule is COCC(=O)Cc1nc(N2CCCCCC2)no1. The van der Waals surface area contributed by atoms with E-state index in [1.54, 1.807) is 0 Å². The molecule has 1 fully saturated rings. The third kappa shape index (κ3) is 3.53. The third-order valence-corrected chi connectivity index (χ3v) is 3.00. The maximum Gasteiger partial charge on any atom is 0.266 e. The summed E-state index contributed by atoms with van der Waals surface area (Å²) in [6.07, 6.45) is 4.98. The fourth-order valence-electron chi connectivity index (χ4n) is 2.10. The number of nitrogens with zero attached hydrogens (tertiary/aromatic N) is 3. The third-order valence-electron chi connectivity index (χ3n) is 3.00. The van der Waals surface area contributed by atoms with Crippen molar-refractivity contribution in [2.45, 2.75) is 32.1 Å². The predicted molar refractivity (Wildman–Crippen MR) is 65.6 cm³/mol. The molecular formula is C12H19N3O3. The van der Waals surface area contributed by atoms with Crippen molar-refractivity contribution in [1.82, 2.24) is 10.1 Å². The number of methoxy groups -OCH3 is 1. The first-order valence-corrected chi connectivity index (χ1v) is 6.38. The number of carbonyl (C=O) groups is 1. The first-order valence-electron chi connectivity index (χ1n) is 6.38. The van der Waals surface area contributed by atoms with Gasteiger partial charge in [-0.1, -0.05) is 12.8 Å². The standard InChI is InChI=1S/C12H19N3O3/c1-17-9-10(16)8-11-13-12(14-18-11)15-6-4-2-3-5-7-15/h2-9H2,1H3. The van der Waals surface area contributed by atoms with Gasteiger partial charge in [0.05, 0.1) is 6.42 Å². The molecular weight excluding hydrogens is 234 g/mol. The zero-order valence-electron chi connectivity index (χ0n) is 10.7. The Bertz CT molecular complexity index is 384. The van der Waals surface area contributed by atoms with Crippen LogP contribution in [0.5, 0.6) is 0 Å². The van der Waals surface area contributed by atoms with Crippen LogP contribution in [-0.4, -0.2) is 42.7 Å². The van der Waals surface area contributed by atoms with E-state index >= 15 is 0 Å². The number of ketones is 1. The van der Waals surface area contributed by atoms with Gasteiger partial charge in [0.1, 0.15) is 6.61 Å². The van der Waals surface area contributed by atoms with Gasteiger partial charge in [-0.05, 0) is 18.0 Å². The normalized spacial score (nSPS) is 16.6. The maximum absolute atomic E-state index is 11.4. The molecule has 0 bridgehead atoms. The van der Waals surface area contributed by atoms with E-state index in [9.17, 15) is 4.79 Å². The Hall–Kier alpha value is -1.43. The molecule has 0 atom stereocenters. The molecule has 6 heteroatoms. The molecule has 100 valence electrons. The number of Topliss-reactive ketones (excluding diaryl/α,β-unsaturated/α-hetero) is 1. The molecule has 0 N–H and O–H groups in total. The summed E-state index contributed by atoms with van der Waals surface area (Å²) < 4.78 is 9.86. The molecule has 6 nitrogen and oxygen atoms in total. The van der Waals surface area contributed by atoms with Crippen molar-refractivity contribution in [3.05, 3.63) is 5.89 Å². The zero-order chi connectivity index (χ0) is 12.8. The van der Waals surface area contributed by atoms with Crippen LogP contribution in [0, 0.1) is 0 Å². The lowest BCUT2D eigenvalue weighted by Crippen LogP contribution is -2.25. The molecule has 0 radical (unpaired) electrons. The summed E-state index contributed by atoms with van der Waals surface area (Å²) in [5.41, 5.74) is 0. The summed E-state index contributed by atoms with van der Waals surface area (Å²) in [6, 6.07) is 0. The molecule has 0 aliphatic carbocycles. The van der Waals surface area contributed by atoms with Crippen molar-refractivity contribution in [3.63, 3.8) is 0 Å². The van der Waals surface area contributed by atoms with Gasteiger partial charge in [-0.2, -0.15) is 4.98 Å². The Morgan fingerprint density at radius 2 is 2.06 bits per heavy atom. The van der Waals surface area contributed by atoms with Gasteiger partial charge >= 0.3 is 0 Å². The topological polar surface area (TPSA) is 68.5 Å². The van der Waals surface area contributed by atoms with Gasteiger partial charge in [0.25, 0.3) is 5.95 Å². The summed E-state index contributed by atoms with van der Waals surface area (Å²) in [4.78, 5) is 17.8. The van der Waals surface area contributed by atoms with Crippen molar-refractivity contribution in [3.8, 4) is 0 Å². The minimum Gasteiger partial charge on any atom is -0.377 e. The average Bonchev–Trinajstić information content (AvgIpc) is 2.64. The van der Waals surface area contributed by atoms with Crippen molar-refractivity contribution in [2.75, 3.05) is 31.7 Å². The number of hydrogen-bond donors (Lipinski definition) is 0. The lowest BCUT2D eigenvalue weighted by atomic mass is 10.2. The van der Waals surface area contributed by atoms with Crippen LogP contribution in [0.15, 0.2) is 4.52 Å². The lowest BCUT2D eigenvalue weighted by Gasteiger charge is -2.16. The van der Waals surface area contributed by atoms with Crippen LogP contribution < -0.4 is 4.90 Å². The Balaban J connectivity index is 1.94. The van der Waals surface area contributed by atoms with Crippen molar-refractivity contribution >= 4 is 11.7 Å². The summed E-state index contributed by atoms with van der Waals surface area (Å²) in [5.74, 6) is 0.928. The largest absolute Gasteiger partial charge is 0.377 e. The first kappa shape index (κ1) is 13.0. The maximum atomic E-state index is 11.4. The molecule has 0 spiro atoms.